The topological polar surface area (TPSA) is 64.0 Å². The summed E-state index contributed by atoms with van der Waals surface area (Å²) in [4.78, 5) is 30.4. The minimum absolute atomic E-state index is 0.00669. The van der Waals surface area contributed by atoms with Gasteiger partial charge in [0.25, 0.3) is 5.56 Å². The second kappa shape index (κ2) is 8.88. The molecule has 4 aromatic rings. The van der Waals surface area contributed by atoms with Gasteiger partial charge >= 0.3 is 0 Å². The molecule has 5 rings (SSSR count). The molecule has 0 spiro atoms. The normalized spacial score (nSPS) is 15.1. The van der Waals surface area contributed by atoms with Crippen LogP contribution in [0.5, 0.6) is 0 Å². The van der Waals surface area contributed by atoms with E-state index >= 15 is 0 Å². The molecule has 1 amide bonds. The van der Waals surface area contributed by atoms with Crippen LogP contribution in [-0.2, 0) is 17.8 Å². The summed E-state index contributed by atoms with van der Waals surface area (Å²) >= 11 is 2.51. The minimum atomic E-state index is -0.376. The number of benzene rings is 2. The first kappa shape index (κ1) is 20.9. The number of hydrogen-bond donors (Lipinski definition) is 1. The lowest BCUT2D eigenvalue weighted by atomic mass is 10.1. The van der Waals surface area contributed by atoms with Crippen molar-refractivity contribution in [2.45, 2.75) is 30.6 Å². The van der Waals surface area contributed by atoms with E-state index in [0.717, 1.165) is 12.8 Å². The van der Waals surface area contributed by atoms with E-state index in [9.17, 15) is 14.0 Å². The van der Waals surface area contributed by atoms with Crippen LogP contribution in [0.1, 0.15) is 29.2 Å². The van der Waals surface area contributed by atoms with Crippen molar-refractivity contribution in [1.29, 1.82) is 0 Å². The first-order chi connectivity index (χ1) is 15.6. The summed E-state index contributed by atoms with van der Waals surface area (Å²) < 4.78 is 16.2. The average Bonchev–Trinajstić information content (AvgIpc) is 3.43. The van der Waals surface area contributed by atoms with Gasteiger partial charge in [0, 0.05) is 5.56 Å². The zero-order valence-corrected chi connectivity index (χ0v) is 18.7. The highest BCUT2D eigenvalue weighted by Gasteiger charge is 2.24. The maximum atomic E-state index is 14.3. The highest BCUT2D eigenvalue weighted by Crippen LogP contribution is 2.31. The Hall–Kier alpha value is -2.97. The molecule has 0 radical (unpaired) electrons. The van der Waals surface area contributed by atoms with Gasteiger partial charge in [-0.3, -0.25) is 14.2 Å². The number of carbonyl (C=O) groups is 1. The van der Waals surface area contributed by atoms with E-state index < -0.39 is 0 Å². The Morgan fingerprint density at radius 2 is 2.00 bits per heavy atom. The molecular weight excluding hydrogens is 445 g/mol. The summed E-state index contributed by atoms with van der Waals surface area (Å²) in [6.45, 7) is 0.0618. The molecule has 0 unspecified atom stereocenters. The number of rotatable bonds is 6. The van der Waals surface area contributed by atoms with Crippen LogP contribution in [0, 0.1) is 5.82 Å². The van der Waals surface area contributed by atoms with E-state index in [-0.39, 0.29) is 35.6 Å². The summed E-state index contributed by atoms with van der Waals surface area (Å²) in [6.07, 6.45) is 1.83. The van der Waals surface area contributed by atoms with Crippen molar-refractivity contribution < 1.29 is 9.18 Å². The van der Waals surface area contributed by atoms with Gasteiger partial charge in [-0.25, -0.2) is 9.37 Å². The molecular formula is C24H20FN3O2S2. The lowest BCUT2D eigenvalue weighted by molar-refractivity contribution is -0.119. The van der Waals surface area contributed by atoms with Gasteiger partial charge in [0.15, 0.2) is 5.16 Å². The molecule has 1 aliphatic rings. The first-order valence-electron chi connectivity index (χ1n) is 10.3. The molecule has 162 valence electrons. The number of aryl methyl sites for hydroxylation is 1. The molecule has 32 heavy (non-hydrogen) atoms. The molecule has 0 bridgehead atoms. The van der Waals surface area contributed by atoms with Crippen LogP contribution in [0.25, 0.3) is 10.2 Å². The summed E-state index contributed by atoms with van der Waals surface area (Å²) in [5.41, 5.74) is 3.22. The highest BCUT2D eigenvalue weighted by molar-refractivity contribution is 7.99. The number of thioether (sulfide) groups is 1. The number of fused-ring (bicyclic) bond motifs is 2. The maximum Gasteiger partial charge on any atom is 0.272 e. The quantitative estimate of drug-likeness (QED) is 0.335. The first-order valence-corrected chi connectivity index (χ1v) is 12.2. The van der Waals surface area contributed by atoms with E-state index in [2.05, 4.69) is 22.4 Å². The minimum Gasteiger partial charge on any atom is -0.349 e. The van der Waals surface area contributed by atoms with Gasteiger partial charge in [-0.1, -0.05) is 54.2 Å². The molecule has 0 fully saturated rings. The molecule has 5 nitrogen and oxygen atoms in total. The van der Waals surface area contributed by atoms with Crippen LogP contribution in [0.2, 0.25) is 0 Å². The van der Waals surface area contributed by atoms with Crippen LogP contribution in [0.4, 0.5) is 4.39 Å². The van der Waals surface area contributed by atoms with Crippen molar-refractivity contribution in [3.8, 4) is 0 Å². The second-order valence-corrected chi connectivity index (χ2v) is 9.52. The van der Waals surface area contributed by atoms with E-state index in [1.54, 1.807) is 24.3 Å². The molecule has 8 heteroatoms. The van der Waals surface area contributed by atoms with Crippen molar-refractivity contribution in [3.05, 3.63) is 92.8 Å². The largest absolute Gasteiger partial charge is 0.349 e. The number of nitrogens with one attached hydrogen (secondary N) is 1. The monoisotopic (exact) mass is 465 g/mol. The number of nitrogens with zero attached hydrogens (tertiary/aromatic N) is 2. The van der Waals surface area contributed by atoms with E-state index in [0.29, 0.717) is 20.9 Å². The summed E-state index contributed by atoms with van der Waals surface area (Å²) in [7, 11) is 0. The lowest BCUT2D eigenvalue weighted by Gasteiger charge is -2.15. The molecule has 2 heterocycles. The number of halogens is 1. The number of hydrogen-bond acceptors (Lipinski definition) is 5. The standard InChI is InChI=1S/C24H20FN3O2S2/c25-18-8-4-2-6-16(18)13-28-23(30)22-20(11-12-31-22)27-24(28)32-14-21(29)26-19-10-9-15-5-1-3-7-17(15)19/h1-8,11-12,19H,9-10,13-14H2,(H,26,29)/t19-/m0/s1. The van der Waals surface area contributed by atoms with Gasteiger partial charge < -0.3 is 5.32 Å². The van der Waals surface area contributed by atoms with E-state index in [4.69, 9.17) is 0 Å². The molecule has 0 aliphatic heterocycles. The Labute approximate surface area is 192 Å². The predicted molar refractivity (Wildman–Crippen MR) is 126 cm³/mol. The van der Waals surface area contributed by atoms with Gasteiger partial charge in [0.2, 0.25) is 5.91 Å². The summed E-state index contributed by atoms with van der Waals surface area (Å²) in [5, 5.41) is 5.32. The second-order valence-electron chi connectivity index (χ2n) is 7.66. The highest BCUT2D eigenvalue weighted by atomic mass is 32.2. The molecule has 2 aromatic heterocycles. The maximum absolute atomic E-state index is 14.3. The van der Waals surface area contributed by atoms with Gasteiger partial charge in [-0.2, -0.15) is 0 Å². The van der Waals surface area contributed by atoms with Crippen LogP contribution < -0.4 is 10.9 Å². The zero-order chi connectivity index (χ0) is 22.1. The van der Waals surface area contributed by atoms with Gasteiger partial charge in [0.05, 0.1) is 23.9 Å². The van der Waals surface area contributed by atoms with E-state index in [1.807, 2.05) is 17.5 Å². The third kappa shape index (κ3) is 4.08. The SMILES string of the molecule is O=C(CSc1nc2ccsc2c(=O)n1Cc1ccccc1F)N[C@H]1CCc2ccccc21. The number of aromatic nitrogens is 2. The van der Waals surface area contributed by atoms with Crippen molar-refractivity contribution >= 4 is 39.2 Å². The molecule has 1 N–H and O–H groups in total. The molecule has 2 aromatic carbocycles. The van der Waals surface area contributed by atoms with Crippen LogP contribution in [0.15, 0.2) is 69.9 Å². The van der Waals surface area contributed by atoms with Crippen LogP contribution in [-0.4, -0.2) is 21.2 Å². The predicted octanol–water partition coefficient (Wildman–Crippen LogP) is 4.54. The Morgan fingerprint density at radius 3 is 2.88 bits per heavy atom. The fourth-order valence-corrected chi connectivity index (χ4v) is 5.63. The van der Waals surface area contributed by atoms with Crippen molar-refractivity contribution in [1.82, 2.24) is 14.9 Å². The Bertz CT molecular complexity index is 1360. The Kier molecular flexibility index (Phi) is 5.80. The van der Waals surface area contributed by atoms with E-state index in [1.165, 1.54) is 44.9 Å². The summed E-state index contributed by atoms with van der Waals surface area (Å²) in [5.74, 6) is -0.369. The van der Waals surface area contributed by atoms with Crippen LogP contribution >= 0.6 is 23.1 Å². The van der Waals surface area contributed by atoms with Gasteiger partial charge in [0.1, 0.15) is 10.5 Å². The van der Waals surface area contributed by atoms with Crippen molar-refractivity contribution in [3.63, 3.8) is 0 Å². The average molecular weight is 466 g/mol. The van der Waals surface area contributed by atoms with Gasteiger partial charge in [-0.15, -0.1) is 11.3 Å². The molecule has 1 aliphatic carbocycles. The third-order valence-corrected chi connectivity index (χ3v) is 7.49. The number of carbonyl (C=O) groups excluding carboxylic acids is 1. The fraction of sp³-hybridized carbons (Fsp3) is 0.208. The smallest absolute Gasteiger partial charge is 0.272 e. The van der Waals surface area contributed by atoms with Gasteiger partial charge in [-0.05, 0) is 41.5 Å². The fourth-order valence-electron chi connectivity index (χ4n) is 4.04. The molecule has 0 saturated carbocycles. The Balaban J connectivity index is 1.37. The number of thiophene rings is 1. The zero-order valence-electron chi connectivity index (χ0n) is 17.1. The Morgan fingerprint density at radius 1 is 1.19 bits per heavy atom. The van der Waals surface area contributed by atoms with Crippen molar-refractivity contribution in [2.24, 2.45) is 0 Å². The molecule has 1 atom stereocenters. The molecule has 0 saturated heterocycles. The van der Waals surface area contributed by atoms with Crippen LogP contribution in [0.3, 0.4) is 0 Å². The summed E-state index contributed by atoms with van der Waals surface area (Å²) in [6, 6.07) is 16.3. The van der Waals surface area contributed by atoms with Crippen molar-refractivity contribution in [2.75, 3.05) is 5.75 Å². The third-order valence-electron chi connectivity index (χ3n) is 5.62. The number of amides is 1. The lowest BCUT2D eigenvalue weighted by Crippen LogP contribution is -2.29.